The molecule has 0 radical (unpaired) electrons. The van der Waals surface area contributed by atoms with Crippen LogP contribution < -0.4 is 0 Å². The fourth-order valence-corrected chi connectivity index (χ4v) is 9.05. The molecule has 0 unspecified atom stereocenters. The number of fused-ring (bicyclic) bond motifs is 12. The lowest BCUT2D eigenvalue weighted by molar-refractivity contribution is 1.17. The monoisotopic (exact) mass is 712 g/mol. The lowest BCUT2D eigenvalue weighted by atomic mass is 9.96. The van der Waals surface area contributed by atoms with E-state index in [2.05, 4.69) is 185 Å². The molecule has 0 bridgehead atoms. The van der Waals surface area contributed by atoms with Crippen molar-refractivity contribution >= 4 is 76.1 Å². The smallest absolute Gasteiger partial charge is 0.160 e. The van der Waals surface area contributed by atoms with Crippen LogP contribution in [0.4, 0.5) is 0 Å². The van der Waals surface area contributed by atoms with E-state index in [-0.39, 0.29) is 0 Å². The van der Waals surface area contributed by atoms with E-state index < -0.39 is 0 Å². The second kappa shape index (κ2) is 12.0. The summed E-state index contributed by atoms with van der Waals surface area (Å²) in [5.74, 6) is 0.720. The Bertz CT molecular complexity index is 3510. The number of rotatable bonds is 4. The van der Waals surface area contributed by atoms with Gasteiger partial charge in [-0.2, -0.15) is 0 Å². The van der Waals surface area contributed by atoms with Gasteiger partial charge in [0.05, 0.1) is 33.3 Å². The Hall–Kier alpha value is -7.56. The molecule has 0 aliphatic carbocycles. The van der Waals surface area contributed by atoms with Gasteiger partial charge in [-0.25, -0.2) is 9.97 Å². The van der Waals surface area contributed by atoms with E-state index in [0.29, 0.717) is 0 Å². The molecule has 0 fully saturated rings. The zero-order valence-electron chi connectivity index (χ0n) is 30.3. The van der Waals surface area contributed by atoms with Gasteiger partial charge in [0.25, 0.3) is 0 Å². The summed E-state index contributed by atoms with van der Waals surface area (Å²) >= 11 is 0. The van der Waals surface area contributed by atoms with Crippen molar-refractivity contribution < 1.29 is 0 Å². The van der Waals surface area contributed by atoms with Crippen LogP contribution in [0.25, 0.3) is 110 Å². The van der Waals surface area contributed by atoms with Gasteiger partial charge >= 0.3 is 0 Å². The predicted molar refractivity (Wildman–Crippen MR) is 234 cm³/mol. The van der Waals surface area contributed by atoms with Crippen molar-refractivity contribution in [2.45, 2.75) is 0 Å². The number of benzene rings is 9. The van der Waals surface area contributed by atoms with Crippen LogP contribution in [0.5, 0.6) is 0 Å². The summed E-state index contributed by atoms with van der Waals surface area (Å²) in [6.45, 7) is 0. The average molecular weight is 713 g/mol. The maximum atomic E-state index is 5.22. The molecule has 3 heterocycles. The van der Waals surface area contributed by atoms with Crippen molar-refractivity contribution in [1.82, 2.24) is 19.1 Å². The highest BCUT2D eigenvalue weighted by molar-refractivity contribution is 6.33. The molecule has 12 rings (SSSR count). The predicted octanol–water partition coefficient (Wildman–Crippen LogP) is 13.5. The van der Waals surface area contributed by atoms with Crippen LogP contribution in [0.1, 0.15) is 0 Å². The summed E-state index contributed by atoms with van der Waals surface area (Å²) in [6, 6.07) is 69.6. The molecule has 0 aliphatic heterocycles. The molecule has 0 amide bonds. The Labute approximate surface area is 322 Å². The number of nitrogens with zero attached hydrogens (tertiary/aromatic N) is 4. The van der Waals surface area contributed by atoms with Gasteiger partial charge in [-0.3, -0.25) is 0 Å². The van der Waals surface area contributed by atoms with Gasteiger partial charge in [0.1, 0.15) is 0 Å². The van der Waals surface area contributed by atoms with Crippen molar-refractivity contribution in [3.8, 4) is 34.0 Å². The first kappa shape index (κ1) is 30.9. The van der Waals surface area contributed by atoms with Crippen molar-refractivity contribution in [2.24, 2.45) is 0 Å². The van der Waals surface area contributed by atoms with E-state index in [1.165, 1.54) is 54.1 Å². The summed E-state index contributed by atoms with van der Waals surface area (Å²) in [5, 5.41) is 11.0. The Morgan fingerprint density at radius 3 is 1.66 bits per heavy atom. The van der Waals surface area contributed by atoms with Gasteiger partial charge < -0.3 is 9.13 Å². The fourth-order valence-electron chi connectivity index (χ4n) is 9.05. The molecule has 0 N–H and O–H groups in total. The largest absolute Gasteiger partial charge is 0.309 e. The molecule has 9 aromatic carbocycles. The minimum atomic E-state index is 0.720. The summed E-state index contributed by atoms with van der Waals surface area (Å²) in [4.78, 5) is 10.3. The molecular weight excluding hydrogens is 681 g/mol. The standard InChI is InChI=1S/C52H32N4/c1-4-16-33(17-5-1)50-43-30-36(28-29-45(43)53-52(54-50)34-18-6-2-7-19-34)55-46-27-15-14-24-39(46)42-31-44-48(32-47(42)55)56(35-20-8-3-9-21-35)51-41-26-13-11-23-38(41)37-22-10-12-25-40(37)49(44)51/h1-32H. The van der Waals surface area contributed by atoms with E-state index in [4.69, 9.17) is 9.97 Å². The molecule has 0 spiro atoms. The van der Waals surface area contributed by atoms with Crippen molar-refractivity contribution in [2.75, 3.05) is 0 Å². The van der Waals surface area contributed by atoms with Gasteiger partial charge in [-0.05, 0) is 64.7 Å². The van der Waals surface area contributed by atoms with E-state index >= 15 is 0 Å². The Kier molecular flexibility index (Phi) is 6.60. The minimum Gasteiger partial charge on any atom is -0.309 e. The zero-order valence-corrected chi connectivity index (χ0v) is 30.3. The highest BCUT2D eigenvalue weighted by atomic mass is 15.0. The molecule has 4 nitrogen and oxygen atoms in total. The van der Waals surface area contributed by atoms with Crippen LogP contribution in [0.15, 0.2) is 194 Å². The SMILES string of the molecule is c1ccc(-c2nc(-c3ccccc3)c3cc(-n4c5ccccc5c5cc6c7c8ccccc8c8ccccc8c7n(-c7ccccc7)c6cc54)ccc3n2)cc1. The first-order valence-electron chi connectivity index (χ1n) is 19.1. The van der Waals surface area contributed by atoms with Crippen LogP contribution in [0.2, 0.25) is 0 Å². The Morgan fingerprint density at radius 1 is 0.321 bits per heavy atom. The van der Waals surface area contributed by atoms with E-state index in [9.17, 15) is 0 Å². The molecule has 0 saturated carbocycles. The second-order valence-electron chi connectivity index (χ2n) is 14.6. The van der Waals surface area contributed by atoms with Gasteiger partial charge in [-0.15, -0.1) is 0 Å². The number of hydrogen-bond acceptors (Lipinski definition) is 2. The van der Waals surface area contributed by atoms with Gasteiger partial charge in [0.2, 0.25) is 0 Å². The second-order valence-corrected chi connectivity index (χ2v) is 14.6. The number of aromatic nitrogens is 4. The van der Waals surface area contributed by atoms with Crippen LogP contribution >= 0.6 is 0 Å². The van der Waals surface area contributed by atoms with E-state index in [1.807, 2.05) is 18.2 Å². The first-order valence-corrected chi connectivity index (χ1v) is 19.1. The molecule has 4 heteroatoms. The summed E-state index contributed by atoms with van der Waals surface area (Å²) in [5.41, 5.74) is 10.8. The number of para-hydroxylation sites is 2. The first-order chi connectivity index (χ1) is 27.8. The normalized spacial score (nSPS) is 11.9. The molecule has 3 aromatic heterocycles. The Morgan fingerprint density at radius 2 is 0.911 bits per heavy atom. The van der Waals surface area contributed by atoms with Crippen molar-refractivity contribution in [1.29, 1.82) is 0 Å². The third kappa shape index (κ3) is 4.47. The van der Waals surface area contributed by atoms with E-state index in [1.54, 1.807) is 0 Å². The molecule has 12 aromatic rings. The van der Waals surface area contributed by atoms with Crippen molar-refractivity contribution in [3.05, 3.63) is 194 Å². The maximum absolute atomic E-state index is 5.22. The topological polar surface area (TPSA) is 35.6 Å². The average Bonchev–Trinajstić information content (AvgIpc) is 3.78. The number of hydrogen-bond donors (Lipinski definition) is 0. The minimum absolute atomic E-state index is 0.720. The van der Waals surface area contributed by atoms with Crippen LogP contribution in [0.3, 0.4) is 0 Å². The van der Waals surface area contributed by atoms with Gasteiger partial charge in [-0.1, -0.05) is 146 Å². The quantitative estimate of drug-likeness (QED) is 0.170. The highest BCUT2D eigenvalue weighted by Gasteiger charge is 2.22. The zero-order chi connectivity index (χ0) is 36.7. The van der Waals surface area contributed by atoms with Crippen LogP contribution in [-0.2, 0) is 0 Å². The van der Waals surface area contributed by atoms with Gasteiger partial charge in [0.15, 0.2) is 5.82 Å². The third-order valence-electron chi connectivity index (χ3n) is 11.5. The summed E-state index contributed by atoms with van der Waals surface area (Å²) in [6.07, 6.45) is 0. The molecule has 0 saturated heterocycles. The summed E-state index contributed by atoms with van der Waals surface area (Å²) < 4.78 is 4.90. The lowest BCUT2D eigenvalue weighted by Crippen LogP contribution is -1.99. The third-order valence-corrected chi connectivity index (χ3v) is 11.5. The highest BCUT2D eigenvalue weighted by Crippen LogP contribution is 2.45. The molecule has 0 atom stereocenters. The molecular formula is C52H32N4. The van der Waals surface area contributed by atoms with Crippen LogP contribution in [-0.4, -0.2) is 19.1 Å². The van der Waals surface area contributed by atoms with Crippen LogP contribution in [0, 0.1) is 0 Å². The van der Waals surface area contributed by atoms with E-state index in [0.717, 1.165) is 56.0 Å². The van der Waals surface area contributed by atoms with Gasteiger partial charge in [0, 0.05) is 54.8 Å². The fraction of sp³-hybridized carbons (Fsp3) is 0. The summed E-state index contributed by atoms with van der Waals surface area (Å²) in [7, 11) is 0. The lowest BCUT2D eigenvalue weighted by Gasteiger charge is -2.13. The Balaban J connectivity index is 1.21. The van der Waals surface area contributed by atoms with Crippen molar-refractivity contribution in [3.63, 3.8) is 0 Å². The maximum Gasteiger partial charge on any atom is 0.160 e. The molecule has 0 aliphatic rings. The molecule has 260 valence electrons. The molecule has 56 heavy (non-hydrogen) atoms.